The van der Waals surface area contributed by atoms with Gasteiger partial charge in [0.15, 0.2) is 6.10 Å². The van der Waals surface area contributed by atoms with Gasteiger partial charge in [0.1, 0.15) is 0 Å². The first kappa shape index (κ1) is 14.7. The summed E-state index contributed by atoms with van der Waals surface area (Å²) in [4.78, 5) is 11.2. The molecule has 0 saturated heterocycles. The highest BCUT2D eigenvalue weighted by molar-refractivity contribution is 5.73. The zero-order valence-electron chi connectivity index (χ0n) is 11.6. The highest BCUT2D eigenvalue weighted by Gasteiger charge is 2.20. The van der Waals surface area contributed by atoms with E-state index in [1.165, 1.54) is 0 Å². The van der Waals surface area contributed by atoms with Crippen LogP contribution in [0.15, 0.2) is 18.2 Å². The second kappa shape index (κ2) is 6.55. The third-order valence-electron chi connectivity index (χ3n) is 2.94. The highest BCUT2D eigenvalue weighted by atomic mass is 16.5. The van der Waals surface area contributed by atoms with Gasteiger partial charge in [-0.1, -0.05) is 32.0 Å². The van der Waals surface area contributed by atoms with Crippen molar-refractivity contribution in [3.8, 4) is 0 Å². The van der Waals surface area contributed by atoms with Crippen LogP contribution in [0.1, 0.15) is 30.5 Å². The number of hydrogen-bond acceptors (Lipinski definition) is 2. The molecule has 0 bridgehead atoms. The number of carboxylic acid groups (broad SMARTS) is 1. The van der Waals surface area contributed by atoms with Gasteiger partial charge in [0.05, 0.1) is 6.61 Å². The minimum atomic E-state index is -0.890. The Morgan fingerprint density at radius 1 is 1.28 bits per heavy atom. The molecule has 0 aliphatic rings. The third-order valence-corrected chi connectivity index (χ3v) is 2.94. The first-order valence-electron chi connectivity index (χ1n) is 6.31. The van der Waals surface area contributed by atoms with Gasteiger partial charge in [0, 0.05) is 6.42 Å². The Morgan fingerprint density at radius 3 is 2.28 bits per heavy atom. The molecule has 1 unspecified atom stereocenters. The van der Waals surface area contributed by atoms with Gasteiger partial charge in [0.2, 0.25) is 0 Å². The molecule has 0 amide bonds. The summed E-state index contributed by atoms with van der Waals surface area (Å²) >= 11 is 0. The molecule has 0 saturated carbocycles. The minimum absolute atomic E-state index is 0.338. The number of rotatable bonds is 6. The van der Waals surface area contributed by atoms with E-state index in [2.05, 4.69) is 0 Å². The van der Waals surface area contributed by atoms with Crippen molar-refractivity contribution in [2.45, 2.75) is 40.2 Å². The summed E-state index contributed by atoms with van der Waals surface area (Å²) in [5.41, 5.74) is 3.32. The fourth-order valence-corrected chi connectivity index (χ4v) is 1.88. The van der Waals surface area contributed by atoms with Crippen LogP contribution in [0.25, 0.3) is 0 Å². The largest absolute Gasteiger partial charge is 0.479 e. The van der Waals surface area contributed by atoms with Gasteiger partial charge in [-0.05, 0) is 36.5 Å². The van der Waals surface area contributed by atoms with Gasteiger partial charge >= 0.3 is 5.97 Å². The summed E-state index contributed by atoms with van der Waals surface area (Å²) in [5, 5.41) is 9.20. The lowest BCUT2D eigenvalue weighted by molar-refractivity contribution is -0.150. The third kappa shape index (κ3) is 4.15. The molecule has 1 rings (SSSR count). The van der Waals surface area contributed by atoms with E-state index in [0.29, 0.717) is 18.9 Å². The molecule has 0 aliphatic carbocycles. The molecule has 0 aromatic heterocycles. The van der Waals surface area contributed by atoms with Crippen molar-refractivity contribution in [2.75, 3.05) is 6.61 Å². The van der Waals surface area contributed by atoms with E-state index < -0.39 is 12.1 Å². The summed E-state index contributed by atoms with van der Waals surface area (Å²) in [6.45, 7) is 8.51. The predicted octanol–water partition coefficient (Wildman–Crippen LogP) is 2.97. The average Bonchev–Trinajstić information content (AvgIpc) is 2.26. The van der Waals surface area contributed by atoms with Gasteiger partial charge in [0.25, 0.3) is 0 Å². The lowest BCUT2D eigenvalue weighted by Crippen LogP contribution is -2.28. The Kier molecular flexibility index (Phi) is 5.35. The van der Waals surface area contributed by atoms with Crippen LogP contribution < -0.4 is 0 Å². The van der Waals surface area contributed by atoms with Gasteiger partial charge in [-0.2, -0.15) is 0 Å². The molecule has 0 fully saturated rings. The normalized spacial score (nSPS) is 12.7. The van der Waals surface area contributed by atoms with Crippen LogP contribution in [0.4, 0.5) is 0 Å². The Balaban J connectivity index is 2.80. The maximum absolute atomic E-state index is 11.2. The lowest BCUT2D eigenvalue weighted by atomic mass is 9.97. The first-order valence-corrected chi connectivity index (χ1v) is 6.31. The minimum Gasteiger partial charge on any atom is -0.479 e. The maximum atomic E-state index is 11.2. The second-order valence-electron chi connectivity index (χ2n) is 5.13. The zero-order valence-corrected chi connectivity index (χ0v) is 11.6. The van der Waals surface area contributed by atoms with Crippen molar-refractivity contribution in [2.24, 2.45) is 5.92 Å². The smallest absolute Gasteiger partial charge is 0.333 e. The summed E-state index contributed by atoms with van der Waals surface area (Å²) in [7, 11) is 0. The molecule has 1 N–H and O–H groups in total. The molecule has 0 spiro atoms. The average molecular weight is 250 g/mol. The molecule has 18 heavy (non-hydrogen) atoms. The van der Waals surface area contributed by atoms with Crippen molar-refractivity contribution in [3.63, 3.8) is 0 Å². The van der Waals surface area contributed by atoms with Crippen LogP contribution in [-0.4, -0.2) is 23.8 Å². The van der Waals surface area contributed by atoms with Gasteiger partial charge in [-0.25, -0.2) is 4.79 Å². The quantitative estimate of drug-likeness (QED) is 0.844. The molecule has 1 aromatic rings. The molecular weight excluding hydrogens is 228 g/mol. The van der Waals surface area contributed by atoms with Crippen LogP contribution in [-0.2, 0) is 16.0 Å². The van der Waals surface area contributed by atoms with Gasteiger partial charge in [-0.15, -0.1) is 0 Å². The summed E-state index contributed by atoms with van der Waals surface area (Å²) in [6, 6.07) is 5.99. The number of hydrogen-bond donors (Lipinski definition) is 1. The van der Waals surface area contributed by atoms with E-state index in [-0.39, 0.29) is 0 Å². The fraction of sp³-hybridized carbons (Fsp3) is 0.533. The Labute approximate surface area is 109 Å². The van der Waals surface area contributed by atoms with E-state index in [1.54, 1.807) is 0 Å². The second-order valence-corrected chi connectivity index (χ2v) is 5.13. The number of ether oxygens (including phenoxy) is 1. The Hall–Kier alpha value is -1.35. The molecule has 0 heterocycles. The van der Waals surface area contributed by atoms with Crippen LogP contribution in [0.2, 0.25) is 0 Å². The summed E-state index contributed by atoms with van der Waals surface area (Å²) in [6.07, 6.45) is -0.326. The number of aryl methyl sites for hydroxylation is 2. The molecular formula is C15H22O3. The van der Waals surface area contributed by atoms with Crippen LogP contribution in [0.5, 0.6) is 0 Å². The topological polar surface area (TPSA) is 46.5 Å². The number of benzene rings is 1. The predicted molar refractivity (Wildman–Crippen MR) is 71.8 cm³/mol. The van der Waals surface area contributed by atoms with E-state index in [9.17, 15) is 9.90 Å². The Bertz CT molecular complexity index is 390. The molecule has 1 aromatic carbocycles. The number of aliphatic carboxylic acids is 1. The van der Waals surface area contributed by atoms with Crippen LogP contribution >= 0.6 is 0 Å². The van der Waals surface area contributed by atoms with Crippen LogP contribution in [0, 0.1) is 19.8 Å². The van der Waals surface area contributed by atoms with E-state index in [0.717, 1.165) is 16.7 Å². The molecule has 100 valence electrons. The van der Waals surface area contributed by atoms with E-state index in [1.807, 2.05) is 45.9 Å². The molecule has 1 atom stereocenters. The van der Waals surface area contributed by atoms with Crippen molar-refractivity contribution in [1.82, 2.24) is 0 Å². The fourth-order valence-electron chi connectivity index (χ4n) is 1.88. The van der Waals surface area contributed by atoms with Crippen LogP contribution in [0.3, 0.4) is 0 Å². The van der Waals surface area contributed by atoms with E-state index in [4.69, 9.17) is 4.74 Å². The Morgan fingerprint density at radius 2 is 1.83 bits per heavy atom. The monoisotopic (exact) mass is 250 g/mol. The maximum Gasteiger partial charge on any atom is 0.333 e. The zero-order chi connectivity index (χ0) is 13.7. The van der Waals surface area contributed by atoms with Crippen molar-refractivity contribution >= 4 is 5.97 Å². The molecule has 0 aliphatic heterocycles. The SMILES string of the molecule is Cc1cccc(C)c1CC(OCC(C)C)C(=O)O. The lowest BCUT2D eigenvalue weighted by Gasteiger charge is -2.17. The van der Waals surface area contributed by atoms with Gasteiger partial charge in [-0.3, -0.25) is 0 Å². The highest BCUT2D eigenvalue weighted by Crippen LogP contribution is 2.17. The number of carbonyl (C=O) groups is 1. The molecule has 0 radical (unpaired) electrons. The standard InChI is InChI=1S/C15H22O3/c1-10(2)9-18-14(15(16)17)8-13-11(3)6-5-7-12(13)4/h5-7,10,14H,8-9H2,1-4H3,(H,16,17). The van der Waals surface area contributed by atoms with E-state index >= 15 is 0 Å². The first-order chi connectivity index (χ1) is 8.41. The number of carboxylic acids is 1. The van der Waals surface area contributed by atoms with Gasteiger partial charge < -0.3 is 9.84 Å². The molecule has 3 heteroatoms. The van der Waals surface area contributed by atoms with Crippen molar-refractivity contribution in [1.29, 1.82) is 0 Å². The summed E-state index contributed by atoms with van der Waals surface area (Å²) in [5.74, 6) is -0.553. The van der Waals surface area contributed by atoms with Crippen molar-refractivity contribution < 1.29 is 14.6 Å². The summed E-state index contributed by atoms with van der Waals surface area (Å²) < 4.78 is 5.48. The van der Waals surface area contributed by atoms with Crippen molar-refractivity contribution in [3.05, 3.63) is 34.9 Å². The molecule has 3 nitrogen and oxygen atoms in total.